The standard InChI is InChI=1S/C15H21BrN4/c1-5-18-14(7-12-6-13(16)9-17-8-12)15-10(2)19-20(4)11(15)3/h6,8-9,14,18H,5,7H2,1-4H3. The molecular weight excluding hydrogens is 316 g/mol. The molecule has 0 spiro atoms. The molecule has 0 bridgehead atoms. The molecule has 0 aliphatic rings. The molecule has 0 saturated heterocycles. The molecule has 108 valence electrons. The van der Waals surface area contributed by atoms with E-state index in [2.05, 4.69) is 58.2 Å². The topological polar surface area (TPSA) is 42.7 Å². The number of rotatable bonds is 5. The maximum atomic E-state index is 4.52. The Morgan fingerprint density at radius 2 is 2.10 bits per heavy atom. The van der Waals surface area contributed by atoms with Gasteiger partial charge in [-0.25, -0.2) is 0 Å². The van der Waals surface area contributed by atoms with Crippen LogP contribution >= 0.6 is 15.9 Å². The number of hydrogen-bond acceptors (Lipinski definition) is 3. The first-order valence-electron chi connectivity index (χ1n) is 6.85. The molecule has 2 heterocycles. The number of hydrogen-bond donors (Lipinski definition) is 1. The molecule has 5 heteroatoms. The Balaban J connectivity index is 2.31. The van der Waals surface area contributed by atoms with Gasteiger partial charge in [0.2, 0.25) is 0 Å². The highest BCUT2D eigenvalue weighted by Crippen LogP contribution is 2.25. The Kier molecular flexibility index (Phi) is 4.94. The largest absolute Gasteiger partial charge is 0.310 e. The van der Waals surface area contributed by atoms with Crippen LogP contribution in [-0.4, -0.2) is 21.3 Å². The molecule has 2 rings (SSSR count). The molecular formula is C15H21BrN4. The van der Waals surface area contributed by atoms with Gasteiger partial charge in [0.1, 0.15) is 0 Å². The monoisotopic (exact) mass is 336 g/mol. The average molecular weight is 337 g/mol. The number of aromatic nitrogens is 3. The SMILES string of the molecule is CCNC(Cc1cncc(Br)c1)c1c(C)nn(C)c1C. The van der Waals surface area contributed by atoms with Crippen LogP contribution in [-0.2, 0) is 13.5 Å². The third kappa shape index (κ3) is 3.27. The molecule has 0 radical (unpaired) electrons. The van der Waals surface area contributed by atoms with Crippen LogP contribution < -0.4 is 5.32 Å². The van der Waals surface area contributed by atoms with Gasteiger partial charge in [0.25, 0.3) is 0 Å². The van der Waals surface area contributed by atoms with Gasteiger partial charge in [0.15, 0.2) is 0 Å². The highest BCUT2D eigenvalue weighted by molar-refractivity contribution is 9.10. The van der Waals surface area contributed by atoms with Crippen molar-refractivity contribution in [3.63, 3.8) is 0 Å². The van der Waals surface area contributed by atoms with Gasteiger partial charge in [0.05, 0.1) is 5.69 Å². The molecule has 0 saturated carbocycles. The predicted octanol–water partition coefficient (Wildman–Crippen LogP) is 3.09. The summed E-state index contributed by atoms with van der Waals surface area (Å²) in [5.74, 6) is 0. The number of likely N-dealkylation sites (N-methyl/N-ethyl adjacent to an activating group) is 1. The summed E-state index contributed by atoms with van der Waals surface area (Å²) in [6, 6.07) is 2.39. The van der Waals surface area contributed by atoms with Gasteiger partial charge in [-0.3, -0.25) is 9.67 Å². The molecule has 4 nitrogen and oxygen atoms in total. The van der Waals surface area contributed by atoms with Gasteiger partial charge in [-0.1, -0.05) is 6.92 Å². The Morgan fingerprint density at radius 3 is 2.65 bits per heavy atom. The molecule has 1 unspecified atom stereocenters. The van der Waals surface area contributed by atoms with E-state index < -0.39 is 0 Å². The van der Waals surface area contributed by atoms with Crippen LogP contribution in [0.5, 0.6) is 0 Å². The molecule has 0 aliphatic heterocycles. The minimum atomic E-state index is 0.268. The summed E-state index contributed by atoms with van der Waals surface area (Å²) >= 11 is 3.48. The van der Waals surface area contributed by atoms with E-state index in [0.717, 1.165) is 23.1 Å². The summed E-state index contributed by atoms with van der Waals surface area (Å²) in [6.07, 6.45) is 4.65. The zero-order valence-electron chi connectivity index (χ0n) is 12.4. The van der Waals surface area contributed by atoms with Crippen molar-refractivity contribution in [1.82, 2.24) is 20.1 Å². The summed E-state index contributed by atoms with van der Waals surface area (Å²) in [7, 11) is 2.00. The van der Waals surface area contributed by atoms with E-state index in [4.69, 9.17) is 0 Å². The van der Waals surface area contributed by atoms with Crippen molar-refractivity contribution in [2.75, 3.05) is 6.54 Å². The highest BCUT2D eigenvalue weighted by atomic mass is 79.9. The van der Waals surface area contributed by atoms with Gasteiger partial charge < -0.3 is 5.32 Å². The minimum absolute atomic E-state index is 0.268. The summed E-state index contributed by atoms with van der Waals surface area (Å²) in [6.45, 7) is 7.26. The van der Waals surface area contributed by atoms with E-state index in [0.29, 0.717) is 0 Å². The van der Waals surface area contributed by atoms with Crippen LogP contribution in [0.3, 0.4) is 0 Å². The molecule has 2 aromatic rings. The van der Waals surface area contributed by atoms with Gasteiger partial charge in [-0.05, 0) is 54.4 Å². The smallest absolute Gasteiger partial charge is 0.0644 e. The first-order valence-corrected chi connectivity index (χ1v) is 7.65. The lowest BCUT2D eigenvalue weighted by molar-refractivity contribution is 0.543. The van der Waals surface area contributed by atoms with Crippen molar-refractivity contribution in [2.24, 2.45) is 7.05 Å². The van der Waals surface area contributed by atoms with Crippen LogP contribution in [0.2, 0.25) is 0 Å². The van der Waals surface area contributed by atoms with Crippen molar-refractivity contribution in [3.05, 3.63) is 45.4 Å². The van der Waals surface area contributed by atoms with Gasteiger partial charge in [-0.15, -0.1) is 0 Å². The van der Waals surface area contributed by atoms with Gasteiger partial charge >= 0.3 is 0 Å². The maximum absolute atomic E-state index is 4.52. The third-order valence-corrected chi connectivity index (χ3v) is 4.00. The van der Waals surface area contributed by atoms with Gasteiger partial charge in [-0.2, -0.15) is 5.10 Å². The first-order chi connectivity index (χ1) is 9.52. The lowest BCUT2D eigenvalue weighted by Crippen LogP contribution is -2.24. The maximum Gasteiger partial charge on any atom is 0.0644 e. The fourth-order valence-corrected chi connectivity index (χ4v) is 3.03. The molecule has 0 aromatic carbocycles. The van der Waals surface area contributed by atoms with Crippen molar-refractivity contribution in [3.8, 4) is 0 Å². The summed E-state index contributed by atoms with van der Waals surface area (Å²) < 4.78 is 2.97. The predicted molar refractivity (Wildman–Crippen MR) is 84.7 cm³/mol. The van der Waals surface area contributed by atoms with Crippen LogP contribution in [0.15, 0.2) is 22.9 Å². The summed E-state index contributed by atoms with van der Waals surface area (Å²) in [5.41, 5.74) is 4.83. The molecule has 1 atom stereocenters. The molecule has 0 amide bonds. The molecule has 1 N–H and O–H groups in total. The lowest BCUT2D eigenvalue weighted by Gasteiger charge is -2.19. The Labute approximate surface area is 128 Å². The van der Waals surface area contributed by atoms with E-state index in [1.54, 1.807) is 0 Å². The second-order valence-corrected chi connectivity index (χ2v) is 5.95. The van der Waals surface area contributed by atoms with Crippen LogP contribution in [0, 0.1) is 13.8 Å². The van der Waals surface area contributed by atoms with Crippen LogP contribution in [0.25, 0.3) is 0 Å². The number of nitrogens with zero attached hydrogens (tertiary/aromatic N) is 3. The van der Waals surface area contributed by atoms with E-state index in [1.807, 2.05) is 24.1 Å². The van der Waals surface area contributed by atoms with E-state index >= 15 is 0 Å². The molecule has 20 heavy (non-hydrogen) atoms. The lowest BCUT2D eigenvalue weighted by atomic mass is 9.98. The average Bonchev–Trinajstić information content (AvgIpc) is 2.63. The highest BCUT2D eigenvalue weighted by Gasteiger charge is 2.20. The molecule has 0 fully saturated rings. The van der Waals surface area contributed by atoms with Crippen LogP contribution in [0.1, 0.15) is 35.5 Å². The Morgan fingerprint density at radius 1 is 1.35 bits per heavy atom. The normalized spacial score (nSPS) is 12.7. The second kappa shape index (κ2) is 6.50. The fourth-order valence-electron chi connectivity index (χ4n) is 2.62. The second-order valence-electron chi connectivity index (χ2n) is 5.03. The van der Waals surface area contributed by atoms with Gasteiger partial charge in [0, 0.05) is 41.2 Å². The number of nitrogens with one attached hydrogen (secondary N) is 1. The fraction of sp³-hybridized carbons (Fsp3) is 0.467. The molecule has 2 aromatic heterocycles. The Hall–Kier alpha value is -1.20. The summed E-state index contributed by atoms with van der Waals surface area (Å²) in [5, 5.41) is 8.09. The number of halogens is 1. The van der Waals surface area contributed by atoms with E-state index in [-0.39, 0.29) is 6.04 Å². The van der Waals surface area contributed by atoms with Crippen molar-refractivity contribution in [1.29, 1.82) is 0 Å². The van der Waals surface area contributed by atoms with E-state index in [1.165, 1.54) is 16.8 Å². The zero-order chi connectivity index (χ0) is 14.7. The van der Waals surface area contributed by atoms with Crippen molar-refractivity contribution >= 4 is 15.9 Å². The summed E-state index contributed by atoms with van der Waals surface area (Å²) in [4.78, 5) is 4.25. The third-order valence-electron chi connectivity index (χ3n) is 3.57. The van der Waals surface area contributed by atoms with E-state index in [9.17, 15) is 0 Å². The molecule has 0 aliphatic carbocycles. The first kappa shape index (κ1) is 15.2. The van der Waals surface area contributed by atoms with Crippen LogP contribution in [0.4, 0.5) is 0 Å². The number of pyridine rings is 1. The van der Waals surface area contributed by atoms with Crippen molar-refractivity contribution < 1.29 is 0 Å². The quantitative estimate of drug-likeness (QED) is 0.912. The Bertz CT molecular complexity index is 592. The van der Waals surface area contributed by atoms with Crippen molar-refractivity contribution in [2.45, 2.75) is 33.2 Å². The zero-order valence-corrected chi connectivity index (χ0v) is 14.0. The number of aryl methyl sites for hydroxylation is 2. The minimum Gasteiger partial charge on any atom is -0.310 e.